The first-order valence-corrected chi connectivity index (χ1v) is 6.44. The van der Waals surface area contributed by atoms with Gasteiger partial charge in [0.1, 0.15) is 28.1 Å². The molecule has 3 aromatic rings. The fourth-order valence-corrected chi connectivity index (χ4v) is 2.69. The van der Waals surface area contributed by atoms with Gasteiger partial charge in [-0.15, -0.1) is 11.3 Å². The molecule has 2 aromatic heterocycles. The fourth-order valence-electron chi connectivity index (χ4n) is 1.90. The second kappa shape index (κ2) is 4.55. The molecule has 19 heavy (non-hydrogen) atoms. The van der Waals surface area contributed by atoms with Crippen LogP contribution in [0.2, 0.25) is 0 Å². The van der Waals surface area contributed by atoms with E-state index in [4.69, 9.17) is 5.73 Å². The molecule has 0 aliphatic heterocycles. The Hall–Kier alpha value is -2.08. The van der Waals surface area contributed by atoms with E-state index >= 15 is 0 Å². The Kier molecular flexibility index (Phi) is 2.87. The van der Waals surface area contributed by atoms with Crippen molar-refractivity contribution in [2.75, 3.05) is 5.73 Å². The first-order chi connectivity index (χ1) is 9.11. The average Bonchev–Trinajstić information content (AvgIpc) is 2.75. The van der Waals surface area contributed by atoms with Gasteiger partial charge in [-0.3, -0.25) is 0 Å². The maximum Gasteiger partial charge on any atom is 0.136 e. The van der Waals surface area contributed by atoms with Crippen LogP contribution in [0.3, 0.4) is 0 Å². The summed E-state index contributed by atoms with van der Waals surface area (Å²) in [7, 11) is 0. The van der Waals surface area contributed by atoms with Crippen molar-refractivity contribution in [3.05, 3.63) is 52.7 Å². The second-order valence-electron chi connectivity index (χ2n) is 4.12. The highest BCUT2D eigenvalue weighted by molar-refractivity contribution is 7.16. The Morgan fingerprint density at radius 1 is 1.11 bits per heavy atom. The molecule has 6 heteroatoms. The van der Waals surface area contributed by atoms with Crippen molar-refractivity contribution in [2.24, 2.45) is 0 Å². The van der Waals surface area contributed by atoms with Crippen molar-refractivity contribution in [2.45, 2.75) is 6.42 Å². The molecule has 3 nitrogen and oxygen atoms in total. The molecule has 0 saturated carbocycles. The molecule has 0 fully saturated rings. The fraction of sp³-hybridized carbons (Fsp3) is 0.0769. The van der Waals surface area contributed by atoms with Crippen LogP contribution < -0.4 is 5.73 Å². The molecule has 0 radical (unpaired) electrons. The standard InChI is InChI=1S/C13H9F2N3S/c14-8-3-7(4-9(15)6-8)5-11-17-12(16)10-1-2-19-13(10)18-11/h1-4,6H,5H2,(H2,16,17,18). The summed E-state index contributed by atoms with van der Waals surface area (Å²) in [5.74, 6) is -0.379. The Morgan fingerprint density at radius 2 is 1.84 bits per heavy atom. The summed E-state index contributed by atoms with van der Waals surface area (Å²) in [4.78, 5) is 9.27. The van der Waals surface area contributed by atoms with Gasteiger partial charge in [0, 0.05) is 12.5 Å². The third-order valence-electron chi connectivity index (χ3n) is 2.69. The van der Waals surface area contributed by atoms with Gasteiger partial charge in [0.05, 0.1) is 5.39 Å². The van der Waals surface area contributed by atoms with E-state index in [0.29, 0.717) is 17.2 Å². The summed E-state index contributed by atoms with van der Waals surface area (Å²) in [6, 6.07) is 5.21. The van der Waals surface area contributed by atoms with Crippen molar-refractivity contribution in [3.8, 4) is 0 Å². The van der Waals surface area contributed by atoms with Crippen LogP contribution in [0, 0.1) is 11.6 Å². The zero-order valence-corrected chi connectivity index (χ0v) is 10.5. The largest absolute Gasteiger partial charge is 0.383 e. The molecule has 0 saturated heterocycles. The van der Waals surface area contributed by atoms with Gasteiger partial charge in [0.25, 0.3) is 0 Å². The minimum Gasteiger partial charge on any atom is -0.383 e. The van der Waals surface area contributed by atoms with Crippen LogP contribution in [0.15, 0.2) is 29.6 Å². The molecule has 0 aliphatic carbocycles. The normalized spacial score (nSPS) is 11.1. The van der Waals surface area contributed by atoms with Crippen LogP contribution in [0.4, 0.5) is 14.6 Å². The van der Waals surface area contributed by atoms with Crippen LogP contribution in [-0.4, -0.2) is 9.97 Å². The second-order valence-corrected chi connectivity index (χ2v) is 5.01. The van der Waals surface area contributed by atoms with E-state index in [0.717, 1.165) is 16.3 Å². The van der Waals surface area contributed by atoms with E-state index in [1.807, 2.05) is 11.4 Å². The maximum atomic E-state index is 13.1. The predicted octanol–water partition coefficient (Wildman–Crippen LogP) is 3.14. The highest BCUT2D eigenvalue weighted by atomic mass is 32.1. The zero-order valence-electron chi connectivity index (χ0n) is 9.73. The number of rotatable bonds is 2. The lowest BCUT2D eigenvalue weighted by Gasteiger charge is -2.03. The molecule has 3 rings (SSSR count). The smallest absolute Gasteiger partial charge is 0.136 e. The predicted molar refractivity (Wildman–Crippen MR) is 71.0 cm³/mol. The van der Waals surface area contributed by atoms with Crippen LogP contribution in [0.1, 0.15) is 11.4 Å². The average molecular weight is 277 g/mol. The van der Waals surface area contributed by atoms with Crippen LogP contribution in [0.5, 0.6) is 0 Å². The number of aromatic nitrogens is 2. The van der Waals surface area contributed by atoms with Gasteiger partial charge in [-0.25, -0.2) is 18.7 Å². The Labute approximate surface area is 111 Å². The summed E-state index contributed by atoms with van der Waals surface area (Å²) in [6.45, 7) is 0. The van der Waals surface area contributed by atoms with Crippen molar-refractivity contribution in [1.82, 2.24) is 9.97 Å². The molecule has 2 heterocycles. The Balaban J connectivity index is 2.00. The molecule has 96 valence electrons. The lowest BCUT2D eigenvalue weighted by molar-refractivity contribution is 0.580. The van der Waals surface area contributed by atoms with E-state index in [1.165, 1.54) is 23.5 Å². The molecule has 0 bridgehead atoms. The summed E-state index contributed by atoms with van der Waals surface area (Å²) in [5, 5.41) is 2.68. The third-order valence-corrected chi connectivity index (χ3v) is 3.49. The summed E-state index contributed by atoms with van der Waals surface area (Å²) >= 11 is 1.45. The van der Waals surface area contributed by atoms with Gasteiger partial charge in [0.15, 0.2) is 0 Å². The van der Waals surface area contributed by atoms with E-state index < -0.39 is 11.6 Å². The molecule has 0 unspecified atom stereocenters. The number of anilines is 1. The summed E-state index contributed by atoms with van der Waals surface area (Å²) in [5.41, 5.74) is 6.30. The topological polar surface area (TPSA) is 51.8 Å². The van der Waals surface area contributed by atoms with Crippen molar-refractivity contribution in [1.29, 1.82) is 0 Å². The number of nitrogen functional groups attached to an aromatic ring is 1. The first-order valence-electron chi connectivity index (χ1n) is 5.56. The van der Waals surface area contributed by atoms with Gasteiger partial charge >= 0.3 is 0 Å². The quantitative estimate of drug-likeness (QED) is 0.783. The minimum atomic E-state index is -0.611. The number of benzene rings is 1. The van der Waals surface area contributed by atoms with Crippen molar-refractivity contribution >= 4 is 27.4 Å². The molecule has 2 N–H and O–H groups in total. The first kappa shape index (κ1) is 12.0. The number of nitrogens with two attached hydrogens (primary N) is 1. The summed E-state index contributed by atoms with van der Waals surface area (Å²) in [6.07, 6.45) is 0.243. The molecule has 0 aliphatic rings. The number of hydrogen-bond donors (Lipinski definition) is 1. The van der Waals surface area contributed by atoms with E-state index in [9.17, 15) is 8.78 Å². The van der Waals surface area contributed by atoms with E-state index in [2.05, 4.69) is 9.97 Å². The Bertz CT molecular complexity index is 734. The number of thiophene rings is 1. The lowest BCUT2D eigenvalue weighted by atomic mass is 10.1. The number of fused-ring (bicyclic) bond motifs is 1. The van der Waals surface area contributed by atoms with Gasteiger partial charge < -0.3 is 5.73 Å². The molecule has 1 aromatic carbocycles. The van der Waals surface area contributed by atoms with Gasteiger partial charge in [-0.1, -0.05) is 0 Å². The highest BCUT2D eigenvalue weighted by Gasteiger charge is 2.08. The van der Waals surface area contributed by atoms with Crippen LogP contribution in [-0.2, 0) is 6.42 Å². The summed E-state index contributed by atoms with van der Waals surface area (Å²) < 4.78 is 26.2. The molecular formula is C13H9F2N3S. The van der Waals surface area contributed by atoms with Gasteiger partial charge in [-0.2, -0.15) is 0 Å². The van der Waals surface area contributed by atoms with Crippen LogP contribution in [0.25, 0.3) is 10.2 Å². The third kappa shape index (κ3) is 2.39. The van der Waals surface area contributed by atoms with Crippen molar-refractivity contribution < 1.29 is 8.78 Å². The molecular weight excluding hydrogens is 268 g/mol. The van der Waals surface area contributed by atoms with E-state index in [-0.39, 0.29) is 6.42 Å². The van der Waals surface area contributed by atoms with Gasteiger partial charge in [-0.05, 0) is 29.1 Å². The van der Waals surface area contributed by atoms with E-state index in [1.54, 1.807) is 0 Å². The Morgan fingerprint density at radius 3 is 2.58 bits per heavy atom. The van der Waals surface area contributed by atoms with Crippen LogP contribution >= 0.6 is 11.3 Å². The monoisotopic (exact) mass is 277 g/mol. The zero-order chi connectivity index (χ0) is 13.4. The molecule has 0 atom stereocenters. The van der Waals surface area contributed by atoms with Crippen molar-refractivity contribution in [3.63, 3.8) is 0 Å². The maximum absolute atomic E-state index is 13.1. The lowest BCUT2D eigenvalue weighted by Crippen LogP contribution is -2.01. The van der Waals surface area contributed by atoms with Gasteiger partial charge in [0.2, 0.25) is 0 Å². The molecule has 0 spiro atoms. The SMILES string of the molecule is Nc1nc(Cc2cc(F)cc(F)c2)nc2sccc12. The number of hydrogen-bond acceptors (Lipinski definition) is 4. The number of halogens is 2. The highest BCUT2D eigenvalue weighted by Crippen LogP contribution is 2.23. The number of nitrogens with zero attached hydrogens (tertiary/aromatic N) is 2. The molecule has 0 amide bonds. The minimum absolute atomic E-state index is 0.243.